The van der Waals surface area contributed by atoms with Crippen LogP contribution < -0.4 is 24.4 Å². The van der Waals surface area contributed by atoms with Gasteiger partial charge in [-0.05, 0) is 48.9 Å². The first-order valence-corrected chi connectivity index (χ1v) is 10.4. The van der Waals surface area contributed by atoms with Gasteiger partial charge in [-0.25, -0.2) is 0 Å². The standard InChI is InChI=1S/C25H24N2O5/c1-2-30-20-9-11-21(12-10-20)31-16-24(28)26-19-8-13-22-23(14-19)32-17-25(29)27(22)15-18-6-4-3-5-7-18/h3-14H,2,15-17H2,1H3,(H,26,28). The number of rotatable bonds is 8. The topological polar surface area (TPSA) is 77.1 Å². The van der Waals surface area contributed by atoms with Crippen molar-refractivity contribution >= 4 is 23.2 Å². The van der Waals surface area contributed by atoms with Crippen molar-refractivity contribution < 1.29 is 23.8 Å². The lowest BCUT2D eigenvalue weighted by Gasteiger charge is -2.29. The maximum atomic E-state index is 12.4. The Bertz CT molecular complexity index is 1080. The van der Waals surface area contributed by atoms with Gasteiger partial charge in [-0.15, -0.1) is 0 Å². The Kier molecular flexibility index (Phi) is 6.55. The molecule has 7 nitrogen and oxygen atoms in total. The molecule has 0 aliphatic carbocycles. The Morgan fingerprint density at radius 1 is 1.00 bits per heavy atom. The maximum absolute atomic E-state index is 12.4. The van der Waals surface area contributed by atoms with Crippen LogP contribution in [0.5, 0.6) is 17.2 Å². The molecule has 0 unspecified atom stereocenters. The molecule has 1 aliphatic heterocycles. The van der Waals surface area contributed by atoms with Gasteiger partial charge in [0.05, 0.1) is 18.8 Å². The number of benzene rings is 3. The predicted octanol–water partition coefficient (Wildman–Crippen LogP) is 4.03. The van der Waals surface area contributed by atoms with Crippen molar-refractivity contribution in [2.45, 2.75) is 13.5 Å². The summed E-state index contributed by atoms with van der Waals surface area (Å²) in [6.07, 6.45) is 0. The van der Waals surface area contributed by atoms with Gasteiger partial charge in [-0.3, -0.25) is 9.59 Å². The molecule has 0 saturated carbocycles. The van der Waals surface area contributed by atoms with Gasteiger partial charge in [-0.2, -0.15) is 0 Å². The third-order valence-corrected chi connectivity index (χ3v) is 4.87. The van der Waals surface area contributed by atoms with Crippen molar-refractivity contribution in [1.29, 1.82) is 0 Å². The van der Waals surface area contributed by atoms with Gasteiger partial charge in [-0.1, -0.05) is 30.3 Å². The third kappa shape index (κ3) is 5.18. The Morgan fingerprint density at radius 3 is 2.44 bits per heavy atom. The second-order valence-electron chi connectivity index (χ2n) is 7.18. The van der Waals surface area contributed by atoms with Crippen LogP contribution in [0.25, 0.3) is 0 Å². The van der Waals surface area contributed by atoms with E-state index in [1.165, 1.54) is 0 Å². The molecule has 2 amide bonds. The molecular formula is C25H24N2O5. The summed E-state index contributed by atoms with van der Waals surface area (Å²) >= 11 is 0. The van der Waals surface area contributed by atoms with Crippen LogP contribution in [-0.2, 0) is 16.1 Å². The Morgan fingerprint density at radius 2 is 1.72 bits per heavy atom. The molecule has 0 aromatic heterocycles. The van der Waals surface area contributed by atoms with E-state index >= 15 is 0 Å². The van der Waals surface area contributed by atoms with Crippen molar-refractivity contribution in [3.63, 3.8) is 0 Å². The van der Waals surface area contributed by atoms with Crippen molar-refractivity contribution in [2.24, 2.45) is 0 Å². The molecule has 164 valence electrons. The quantitative estimate of drug-likeness (QED) is 0.582. The first-order valence-electron chi connectivity index (χ1n) is 10.4. The lowest BCUT2D eigenvalue weighted by Crippen LogP contribution is -2.38. The molecule has 0 radical (unpaired) electrons. The van der Waals surface area contributed by atoms with Gasteiger partial charge in [0.25, 0.3) is 11.8 Å². The largest absolute Gasteiger partial charge is 0.494 e. The van der Waals surface area contributed by atoms with E-state index in [-0.39, 0.29) is 25.0 Å². The SMILES string of the molecule is CCOc1ccc(OCC(=O)Nc2ccc3c(c2)OCC(=O)N3Cc2ccccc2)cc1. The second kappa shape index (κ2) is 9.87. The summed E-state index contributed by atoms with van der Waals surface area (Å²) in [7, 11) is 0. The number of hydrogen-bond acceptors (Lipinski definition) is 5. The monoisotopic (exact) mass is 432 g/mol. The van der Waals surface area contributed by atoms with Crippen LogP contribution in [0.3, 0.4) is 0 Å². The first kappa shape index (κ1) is 21.2. The van der Waals surface area contributed by atoms with Gasteiger partial charge in [0.2, 0.25) is 0 Å². The zero-order valence-corrected chi connectivity index (χ0v) is 17.7. The summed E-state index contributed by atoms with van der Waals surface area (Å²) in [6, 6.07) is 22.1. The zero-order chi connectivity index (χ0) is 22.3. The number of nitrogens with zero attached hydrogens (tertiary/aromatic N) is 1. The Balaban J connectivity index is 1.38. The van der Waals surface area contributed by atoms with Crippen LogP contribution in [0, 0.1) is 0 Å². The zero-order valence-electron chi connectivity index (χ0n) is 17.7. The molecule has 32 heavy (non-hydrogen) atoms. The molecule has 0 bridgehead atoms. The van der Waals surface area contributed by atoms with Crippen molar-refractivity contribution in [1.82, 2.24) is 0 Å². The molecule has 4 rings (SSSR count). The minimum Gasteiger partial charge on any atom is -0.494 e. The number of hydrogen-bond donors (Lipinski definition) is 1. The summed E-state index contributed by atoms with van der Waals surface area (Å²) in [6.45, 7) is 2.78. The second-order valence-corrected chi connectivity index (χ2v) is 7.18. The Hall–Kier alpha value is -4.00. The van der Waals surface area contributed by atoms with E-state index in [1.54, 1.807) is 47.4 Å². The lowest BCUT2D eigenvalue weighted by molar-refractivity contribution is -0.121. The summed E-state index contributed by atoms with van der Waals surface area (Å²) in [5.41, 5.74) is 2.27. The van der Waals surface area contributed by atoms with E-state index in [0.29, 0.717) is 36.0 Å². The number of nitrogens with one attached hydrogen (secondary N) is 1. The number of carbonyl (C=O) groups is 2. The average molecular weight is 432 g/mol. The highest BCUT2D eigenvalue weighted by atomic mass is 16.5. The minimum atomic E-state index is -0.299. The maximum Gasteiger partial charge on any atom is 0.265 e. The fraction of sp³-hybridized carbons (Fsp3) is 0.200. The molecule has 1 N–H and O–H groups in total. The van der Waals surface area contributed by atoms with Crippen molar-refractivity contribution in [2.75, 3.05) is 30.0 Å². The smallest absolute Gasteiger partial charge is 0.265 e. The highest BCUT2D eigenvalue weighted by Gasteiger charge is 2.26. The molecule has 7 heteroatoms. The van der Waals surface area contributed by atoms with E-state index in [0.717, 1.165) is 11.3 Å². The van der Waals surface area contributed by atoms with Gasteiger partial charge in [0, 0.05) is 11.8 Å². The van der Waals surface area contributed by atoms with Gasteiger partial charge < -0.3 is 24.4 Å². The molecule has 0 spiro atoms. The van der Waals surface area contributed by atoms with E-state index in [2.05, 4.69) is 5.32 Å². The van der Waals surface area contributed by atoms with Crippen LogP contribution in [0.2, 0.25) is 0 Å². The fourth-order valence-electron chi connectivity index (χ4n) is 3.37. The number of fused-ring (bicyclic) bond motifs is 1. The highest BCUT2D eigenvalue weighted by molar-refractivity contribution is 5.99. The van der Waals surface area contributed by atoms with E-state index in [1.807, 2.05) is 37.3 Å². The fourth-order valence-corrected chi connectivity index (χ4v) is 3.37. The number of anilines is 2. The molecule has 3 aromatic carbocycles. The van der Waals surface area contributed by atoms with Gasteiger partial charge >= 0.3 is 0 Å². The van der Waals surface area contributed by atoms with E-state index in [9.17, 15) is 9.59 Å². The Labute approximate surface area is 186 Å². The average Bonchev–Trinajstić information content (AvgIpc) is 2.81. The van der Waals surface area contributed by atoms with Crippen molar-refractivity contribution in [3.05, 3.63) is 78.4 Å². The molecule has 1 heterocycles. The molecule has 3 aromatic rings. The normalized spacial score (nSPS) is 12.5. The predicted molar refractivity (Wildman–Crippen MR) is 121 cm³/mol. The summed E-state index contributed by atoms with van der Waals surface area (Å²) in [4.78, 5) is 26.4. The van der Waals surface area contributed by atoms with E-state index < -0.39 is 0 Å². The summed E-state index contributed by atoms with van der Waals surface area (Å²) in [5.74, 6) is 1.46. The molecular weight excluding hydrogens is 408 g/mol. The molecule has 0 fully saturated rings. The molecule has 0 saturated heterocycles. The van der Waals surface area contributed by atoms with Crippen LogP contribution in [-0.4, -0.2) is 31.6 Å². The van der Waals surface area contributed by atoms with Crippen LogP contribution in [0.1, 0.15) is 12.5 Å². The number of ether oxygens (including phenoxy) is 3. The van der Waals surface area contributed by atoms with Crippen LogP contribution in [0.4, 0.5) is 11.4 Å². The van der Waals surface area contributed by atoms with Crippen molar-refractivity contribution in [3.8, 4) is 17.2 Å². The first-order chi connectivity index (χ1) is 15.6. The third-order valence-electron chi connectivity index (χ3n) is 4.87. The summed E-state index contributed by atoms with van der Waals surface area (Å²) in [5, 5.41) is 2.80. The van der Waals surface area contributed by atoms with Crippen LogP contribution >= 0.6 is 0 Å². The number of amides is 2. The number of carbonyl (C=O) groups excluding carboxylic acids is 2. The summed E-state index contributed by atoms with van der Waals surface area (Å²) < 4.78 is 16.5. The molecule has 0 atom stereocenters. The highest BCUT2D eigenvalue weighted by Crippen LogP contribution is 2.35. The van der Waals surface area contributed by atoms with Gasteiger partial charge in [0.1, 0.15) is 17.2 Å². The molecule has 1 aliphatic rings. The lowest BCUT2D eigenvalue weighted by atomic mass is 10.1. The van der Waals surface area contributed by atoms with E-state index in [4.69, 9.17) is 14.2 Å². The van der Waals surface area contributed by atoms with Gasteiger partial charge in [0.15, 0.2) is 13.2 Å². The minimum absolute atomic E-state index is 0.0436. The van der Waals surface area contributed by atoms with Crippen LogP contribution in [0.15, 0.2) is 72.8 Å².